The first-order valence-electron chi connectivity index (χ1n) is 5.03. The maximum absolute atomic E-state index is 11.7. The van der Waals surface area contributed by atoms with Crippen LogP contribution in [0.15, 0.2) is 12.2 Å². The molecule has 0 aromatic rings. The highest BCUT2D eigenvalue weighted by Crippen LogP contribution is 2.09. The summed E-state index contributed by atoms with van der Waals surface area (Å²) in [6, 6.07) is 0. The minimum Gasteiger partial charge on any atom is -0.444 e. The number of allylic oxidation sites excluding steroid dienone is 1. The summed E-state index contributed by atoms with van der Waals surface area (Å²) in [7, 11) is 0. The van der Waals surface area contributed by atoms with Crippen LogP contribution in [0, 0.1) is 12.3 Å². The Morgan fingerprint density at radius 2 is 2.12 bits per heavy atom. The van der Waals surface area contributed by atoms with E-state index in [2.05, 4.69) is 21.9 Å². The molecular weight excluding hydrogens is 270 g/mol. The molecule has 0 aromatic heterocycles. The van der Waals surface area contributed by atoms with Crippen LogP contribution in [0.5, 0.6) is 0 Å². The highest BCUT2D eigenvalue weighted by atomic mass is 79.9. The lowest BCUT2D eigenvalue weighted by molar-refractivity contribution is 0.0296. The Kier molecular flexibility index (Phi) is 6.91. The van der Waals surface area contributed by atoms with Crippen LogP contribution < -0.4 is 0 Å². The van der Waals surface area contributed by atoms with Crippen molar-refractivity contribution in [3.8, 4) is 12.3 Å². The highest BCUT2D eigenvalue weighted by Gasteiger charge is 2.20. The van der Waals surface area contributed by atoms with Crippen LogP contribution in [0.2, 0.25) is 0 Å². The zero-order valence-electron chi connectivity index (χ0n) is 10.00. The molecule has 1 amide bonds. The Morgan fingerprint density at radius 3 is 2.56 bits per heavy atom. The molecule has 0 spiro atoms. The number of alkyl halides is 1. The van der Waals surface area contributed by atoms with Gasteiger partial charge in [-0.25, -0.2) is 4.79 Å². The summed E-state index contributed by atoms with van der Waals surface area (Å²) in [6.45, 7) is 6.19. The van der Waals surface area contributed by atoms with E-state index >= 15 is 0 Å². The molecule has 0 bridgehead atoms. The van der Waals surface area contributed by atoms with E-state index in [1.54, 1.807) is 0 Å². The predicted molar refractivity (Wildman–Crippen MR) is 69.6 cm³/mol. The molecule has 0 atom stereocenters. The molecule has 0 rings (SSSR count). The molecule has 0 aliphatic carbocycles. The van der Waals surface area contributed by atoms with Gasteiger partial charge in [-0.05, 0) is 20.8 Å². The van der Waals surface area contributed by atoms with Gasteiger partial charge in [0.25, 0.3) is 0 Å². The Hall–Kier alpha value is -0.950. The lowest BCUT2D eigenvalue weighted by Crippen LogP contribution is -2.37. The maximum Gasteiger partial charge on any atom is 0.411 e. The van der Waals surface area contributed by atoms with Crippen LogP contribution in [0.3, 0.4) is 0 Å². The van der Waals surface area contributed by atoms with Crippen LogP contribution in [-0.2, 0) is 4.74 Å². The average molecular weight is 288 g/mol. The number of rotatable bonds is 4. The van der Waals surface area contributed by atoms with E-state index in [1.807, 2.05) is 32.9 Å². The first-order chi connectivity index (χ1) is 7.40. The standard InChI is InChI=1S/C12H18BrNO2/c1-5-9-14(10-7-6-8-13)11(15)16-12(2,3)4/h1,6-7H,8-10H2,2-4H3/b7-6+. The van der Waals surface area contributed by atoms with E-state index in [4.69, 9.17) is 11.2 Å². The molecule has 3 nitrogen and oxygen atoms in total. The molecule has 0 fully saturated rings. The Labute approximate surface area is 106 Å². The number of hydrogen-bond acceptors (Lipinski definition) is 2. The zero-order valence-corrected chi connectivity index (χ0v) is 11.6. The summed E-state index contributed by atoms with van der Waals surface area (Å²) in [5.74, 6) is 2.44. The molecular formula is C12H18BrNO2. The van der Waals surface area contributed by atoms with Crippen LogP contribution in [0.4, 0.5) is 4.79 Å². The minimum absolute atomic E-state index is 0.252. The normalized spacial score (nSPS) is 11.2. The lowest BCUT2D eigenvalue weighted by atomic mass is 10.2. The fraction of sp³-hybridized carbons (Fsp3) is 0.583. The van der Waals surface area contributed by atoms with Crippen molar-refractivity contribution in [2.24, 2.45) is 0 Å². The number of nitrogens with zero attached hydrogens (tertiary/aromatic N) is 1. The summed E-state index contributed by atoms with van der Waals surface area (Å²) in [5, 5.41) is 0.755. The molecule has 90 valence electrons. The van der Waals surface area contributed by atoms with Crippen molar-refractivity contribution < 1.29 is 9.53 Å². The van der Waals surface area contributed by atoms with Gasteiger partial charge in [-0.15, -0.1) is 6.42 Å². The summed E-state index contributed by atoms with van der Waals surface area (Å²) < 4.78 is 5.23. The average Bonchev–Trinajstić information content (AvgIpc) is 2.14. The monoisotopic (exact) mass is 287 g/mol. The van der Waals surface area contributed by atoms with Crippen molar-refractivity contribution in [1.29, 1.82) is 0 Å². The Bertz CT molecular complexity index is 286. The van der Waals surface area contributed by atoms with Gasteiger partial charge in [-0.3, -0.25) is 4.90 Å². The zero-order chi connectivity index (χ0) is 12.6. The molecule has 0 N–H and O–H groups in total. The molecule has 0 unspecified atom stereocenters. The van der Waals surface area contributed by atoms with Crippen molar-refractivity contribution in [3.63, 3.8) is 0 Å². The Balaban J connectivity index is 4.36. The van der Waals surface area contributed by atoms with Gasteiger partial charge in [0.1, 0.15) is 5.60 Å². The van der Waals surface area contributed by atoms with Gasteiger partial charge in [0, 0.05) is 11.9 Å². The van der Waals surface area contributed by atoms with Crippen molar-refractivity contribution in [2.75, 3.05) is 18.4 Å². The number of terminal acetylenes is 1. The van der Waals surface area contributed by atoms with Crippen LogP contribution >= 0.6 is 15.9 Å². The van der Waals surface area contributed by atoms with Crippen molar-refractivity contribution in [2.45, 2.75) is 26.4 Å². The van der Waals surface area contributed by atoms with Gasteiger partial charge in [0.15, 0.2) is 0 Å². The van der Waals surface area contributed by atoms with Gasteiger partial charge in [-0.2, -0.15) is 0 Å². The molecule has 0 aliphatic rings. The molecule has 0 heterocycles. The summed E-state index contributed by atoms with van der Waals surface area (Å²) in [6.07, 6.45) is 8.60. The first-order valence-corrected chi connectivity index (χ1v) is 6.15. The van der Waals surface area contributed by atoms with Crippen LogP contribution in [-0.4, -0.2) is 35.0 Å². The molecule has 0 aromatic carbocycles. The molecule has 0 aliphatic heterocycles. The smallest absolute Gasteiger partial charge is 0.411 e. The van der Waals surface area contributed by atoms with E-state index in [-0.39, 0.29) is 12.6 Å². The second kappa shape index (κ2) is 7.34. The fourth-order valence-corrected chi connectivity index (χ4v) is 1.17. The third-order valence-corrected chi connectivity index (χ3v) is 1.89. The minimum atomic E-state index is -0.497. The molecule has 0 saturated carbocycles. The van der Waals surface area contributed by atoms with Gasteiger partial charge < -0.3 is 4.74 Å². The van der Waals surface area contributed by atoms with Crippen LogP contribution in [0.1, 0.15) is 20.8 Å². The molecule has 16 heavy (non-hydrogen) atoms. The van der Waals surface area contributed by atoms with Gasteiger partial charge in [0.2, 0.25) is 0 Å². The third-order valence-electron chi connectivity index (χ3n) is 1.52. The molecule has 4 heteroatoms. The number of amides is 1. The second-order valence-electron chi connectivity index (χ2n) is 4.19. The first kappa shape index (κ1) is 15.0. The Morgan fingerprint density at radius 1 is 1.50 bits per heavy atom. The number of carbonyl (C=O) groups excluding carboxylic acids is 1. The van der Waals surface area contributed by atoms with Gasteiger partial charge >= 0.3 is 6.09 Å². The maximum atomic E-state index is 11.7. The summed E-state index contributed by atoms with van der Waals surface area (Å²) in [4.78, 5) is 13.2. The number of halogens is 1. The topological polar surface area (TPSA) is 29.5 Å². The van der Waals surface area contributed by atoms with E-state index in [1.165, 1.54) is 4.90 Å². The highest BCUT2D eigenvalue weighted by molar-refractivity contribution is 9.09. The number of hydrogen-bond donors (Lipinski definition) is 0. The van der Waals surface area contributed by atoms with E-state index in [0.717, 1.165) is 5.33 Å². The van der Waals surface area contributed by atoms with Crippen LogP contribution in [0.25, 0.3) is 0 Å². The van der Waals surface area contributed by atoms with E-state index in [9.17, 15) is 4.79 Å². The summed E-state index contributed by atoms with van der Waals surface area (Å²) in [5.41, 5.74) is -0.497. The number of ether oxygens (including phenoxy) is 1. The van der Waals surface area contributed by atoms with E-state index in [0.29, 0.717) is 6.54 Å². The predicted octanol–water partition coefficient (Wildman–Crippen LogP) is 2.81. The summed E-state index contributed by atoms with van der Waals surface area (Å²) >= 11 is 3.26. The largest absolute Gasteiger partial charge is 0.444 e. The van der Waals surface area contributed by atoms with E-state index < -0.39 is 5.60 Å². The molecule has 0 saturated heterocycles. The number of carbonyl (C=O) groups is 1. The quantitative estimate of drug-likeness (QED) is 0.452. The second-order valence-corrected chi connectivity index (χ2v) is 4.84. The van der Waals surface area contributed by atoms with Crippen molar-refractivity contribution >= 4 is 22.0 Å². The molecule has 0 radical (unpaired) electrons. The van der Waals surface area contributed by atoms with Gasteiger partial charge in [0.05, 0.1) is 6.54 Å². The lowest BCUT2D eigenvalue weighted by Gasteiger charge is -2.25. The van der Waals surface area contributed by atoms with Gasteiger partial charge in [-0.1, -0.05) is 34.0 Å². The van der Waals surface area contributed by atoms with Crippen molar-refractivity contribution in [1.82, 2.24) is 4.90 Å². The third kappa shape index (κ3) is 7.36. The van der Waals surface area contributed by atoms with Crippen molar-refractivity contribution in [3.05, 3.63) is 12.2 Å². The SMILES string of the molecule is C#CCN(C/C=C/CBr)C(=O)OC(C)(C)C. The fourth-order valence-electron chi connectivity index (χ4n) is 0.905.